The Balaban J connectivity index is 1.86. The number of hydrogen-bond acceptors (Lipinski definition) is 4. The maximum Gasteiger partial charge on any atom is 0.159 e. The second kappa shape index (κ2) is 4.06. The van der Waals surface area contributed by atoms with Crippen molar-refractivity contribution in [3.8, 4) is 0 Å². The van der Waals surface area contributed by atoms with E-state index in [-0.39, 0.29) is 0 Å². The van der Waals surface area contributed by atoms with Gasteiger partial charge in [0, 0.05) is 24.2 Å². The molecule has 2 aromatic rings. The molecule has 1 aliphatic rings. The third-order valence-electron chi connectivity index (χ3n) is 2.88. The molecule has 0 amide bonds. The number of aromatic nitrogens is 2. The number of rotatable bonds is 2. The summed E-state index contributed by atoms with van der Waals surface area (Å²) in [6.07, 6.45) is 4.79. The molecule has 82 valence electrons. The van der Waals surface area contributed by atoms with E-state index in [2.05, 4.69) is 26.7 Å². The molecule has 4 nitrogen and oxygen atoms in total. The van der Waals surface area contributed by atoms with Crippen molar-refractivity contribution in [1.29, 1.82) is 0 Å². The minimum atomic E-state index is 0.524. The van der Waals surface area contributed by atoms with Gasteiger partial charge in [-0.25, -0.2) is 9.97 Å². The van der Waals surface area contributed by atoms with Crippen LogP contribution in [0.25, 0.3) is 11.0 Å². The molecular weight excluding hydrogens is 200 g/mol. The first-order chi connectivity index (χ1) is 7.92. The molecule has 0 bridgehead atoms. The minimum Gasteiger partial charge on any atom is -0.380 e. The molecule has 1 unspecified atom stereocenters. The van der Waals surface area contributed by atoms with E-state index < -0.39 is 0 Å². The fourth-order valence-electron chi connectivity index (χ4n) is 2.06. The van der Waals surface area contributed by atoms with Gasteiger partial charge in [0.05, 0.1) is 11.9 Å². The predicted molar refractivity (Wildman–Crippen MR) is 64.4 cm³/mol. The first-order valence-electron chi connectivity index (χ1n) is 5.60. The average molecular weight is 214 g/mol. The fourth-order valence-corrected chi connectivity index (χ4v) is 2.06. The van der Waals surface area contributed by atoms with E-state index >= 15 is 0 Å². The van der Waals surface area contributed by atoms with Gasteiger partial charge in [-0.1, -0.05) is 0 Å². The quantitative estimate of drug-likeness (QED) is 0.793. The molecule has 2 N–H and O–H groups in total. The molecule has 3 rings (SSSR count). The Morgan fingerprint density at radius 1 is 1.38 bits per heavy atom. The number of nitrogens with zero attached hydrogens (tertiary/aromatic N) is 2. The van der Waals surface area contributed by atoms with Gasteiger partial charge in [0.1, 0.15) is 0 Å². The largest absolute Gasteiger partial charge is 0.380 e. The molecule has 0 spiro atoms. The maximum atomic E-state index is 4.33. The lowest BCUT2D eigenvalue weighted by atomic mass is 10.2. The first-order valence-corrected chi connectivity index (χ1v) is 5.60. The lowest BCUT2D eigenvalue weighted by molar-refractivity contribution is 0.793. The SMILES string of the molecule is c1cnc2ncc(NC3CCNC3)cc2c1. The van der Waals surface area contributed by atoms with Gasteiger partial charge in [-0.2, -0.15) is 0 Å². The van der Waals surface area contributed by atoms with Crippen molar-refractivity contribution in [1.82, 2.24) is 15.3 Å². The number of anilines is 1. The van der Waals surface area contributed by atoms with Crippen LogP contribution < -0.4 is 10.6 Å². The van der Waals surface area contributed by atoms with Crippen molar-refractivity contribution < 1.29 is 0 Å². The second-order valence-electron chi connectivity index (χ2n) is 4.11. The standard InChI is InChI=1S/C12H14N4/c1-2-9-6-11(8-15-12(9)14-4-1)16-10-3-5-13-7-10/h1-2,4,6,8,10,13,16H,3,5,7H2. The predicted octanol–water partition coefficient (Wildman–Crippen LogP) is 1.40. The van der Waals surface area contributed by atoms with E-state index in [1.54, 1.807) is 6.20 Å². The van der Waals surface area contributed by atoms with Crippen LogP contribution in [-0.2, 0) is 0 Å². The van der Waals surface area contributed by atoms with Crippen LogP contribution in [0.3, 0.4) is 0 Å². The molecule has 3 heterocycles. The van der Waals surface area contributed by atoms with Crippen LogP contribution in [0.15, 0.2) is 30.6 Å². The zero-order chi connectivity index (χ0) is 10.8. The van der Waals surface area contributed by atoms with E-state index in [0.29, 0.717) is 6.04 Å². The second-order valence-corrected chi connectivity index (χ2v) is 4.11. The van der Waals surface area contributed by atoms with Crippen LogP contribution >= 0.6 is 0 Å². The molecule has 0 aliphatic carbocycles. The summed E-state index contributed by atoms with van der Waals surface area (Å²) in [5.41, 5.74) is 1.88. The summed E-state index contributed by atoms with van der Waals surface area (Å²) in [6.45, 7) is 2.13. The monoisotopic (exact) mass is 214 g/mol. The molecule has 16 heavy (non-hydrogen) atoms. The van der Waals surface area contributed by atoms with Crippen LogP contribution in [0.1, 0.15) is 6.42 Å². The third-order valence-corrected chi connectivity index (χ3v) is 2.88. The van der Waals surface area contributed by atoms with Crippen LogP contribution in [0.5, 0.6) is 0 Å². The molecule has 4 heteroatoms. The normalized spacial score (nSPS) is 20.1. The number of nitrogens with one attached hydrogen (secondary N) is 2. The van der Waals surface area contributed by atoms with Gasteiger partial charge in [-0.05, 0) is 31.2 Å². The average Bonchev–Trinajstić information content (AvgIpc) is 2.82. The molecule has 0 aromatic carbocycles. The van der Waals surface area contributed by atoms with Gasteiger partial charge < -0.3 is 10.6 Å². The van der Waals surface area contributed by atoms with Crippen LogP contribution in [0.4, 0.5) is 5.69 Å². The summed E-state index contributed by atoms with van der Waals surface area (Å²) in [4.78, 5) is 8.53. The number of pyridine rings is 2. The third kappa shape index (κ3) is 1.84. The smallest absolute Gasteiger partial charge is 0.159 e. The summed E-state index contributed by atoms with van der Waals surface area (Å²) in [7, 11) is 0. The highest BCUT2D eigenvalue weighted by molar-refractivity contribution is 5.77. The minimum absolute atomic E-state index is 0.524. The van der Waals surface area contributed by atoms with Crippen molar-refractivity contribution in [3.05, 3.63) is 30.6 Å². The molecule has 2 aromatic heterocycles. The Morgan fingerprint density at radius 2 is 2.38 bits per heavy atom. The van der Waals surface area contributed by atoms with E-state index in [9.17, 15) is 0 Å². The number of fused-ring (bicyclic) bond motifs is 1. The Kier molecular flexibility index (Phi) is 2.42. The summed E-state index contributed by atoms with van der Waals surface area (Å²) in [5.74, 6) is 0. The van der Waals surface area contributed by atoms with Crippen molar-refractivity contribution in [2.75, 3.05) is 18.4 Å². The summed E-state index contributed by atoms with van der Waals surface area (Å²) in [5, 5.41) is 7.90. The van der Waals surface area contributed by atoms with E-state index in [4.69, 9.17) is 0 Å². The lowest BCUT2D eigenvalue weighted by Crippen LogP contribution is -2.22. The summed E-state index contributed by atoms with van der Waals surface area (Å²) < 4.78 is 0. The molecule has 0 saturated carbocycles. The highest BCUT2D eigenvalue weighted by atomic mass is 15.0. The fraction of sp³-hybridized carbons (Fsp3) is 0.333. The van der Waals surface area contributed by atoms with E-state index in [1.165, 1.54) is 6.42 Å². The van der Waals surface area contributed by atoms with Gasteiger partial charge in [0.25, 0.3) is 0 Å². The molecule has 1 fully saturated rings. The van der Waals surface area contributed by atoms with Gasteiger partial charge in [-0.3, -0.25) is 0 Å². The maximum absolute atomic E-state index is 4.33. The first kappa shape index (κ1) is 9.54. The Hall–Kier alpha value is -1.68. The molecule has 1 aliphatic heterocycles. The van der Waals surface area contributed by atoms with E-state index in [0.717, 1.165) is 29.8 Å². The zero-order valence-corrected chi connectivity index (χ0v) is 8.98. The van der Waals surface area contributed by atoms with Crippen LogP contribution in [-0.4, -0.2) is 29.1 Å². The van der Waals surface area contributed by atoms with E-state index in [1.807, 2.05) is 18.3 Å². The van der Waals surface area contributed by atoms with Gasteiger partial charge in [-0.15, -0.1) is 0 Å². The highest BCUT2D eigenvalue weighted by Crippen LogP contribution is 2.16. The van der Waals surface area contributed by atoms with Crippen molar-refractivity contribution in [2.45, 2.75) is 12.5 Å². The number of hydrogen-bond donors (Lipinski definition) is 2. The summed E-state index contributed by atoms with van der Waals surface area (Å²) in [6, 6.07) is 6.60. The topological polar surface area (TPSA) is 49.8 Å². The van der Waals surface area contributed by atoms with Crippen LogP contribution in [0.2, 0.25) is 0 Å². The van der Waals surface area contributed by atoms with Crippen molar-refractivity contribution >= 4 is 16.7 Å². The Morgan fingerprint density at radius 3 is 3.25 bits per heavy atom. The Bertz CT molecular complexity index is 491. The Labute approximate surface area is 94.1 Å². The van der Waals surface area contributed by atoms with Gasteiger partial charge >= 0.3 is 0 Å². The zero-order valence-electron chi connectivity index (χ0n) is 8.98. The lowest BCUT2D eigenvalue weighted by Gasteiger charge is -2.12. The summed E-state index contributed by atoms with van der Waals surface area (Å²) >= 11 is 0. The van der Waals surface area contributed by atoms with Crippen molar-refractivity contribution in [2.24, 2.45) is 0 Å². The molecule has 0 radical (unpaired) electrons. The van der Waals surface area contributed by atoms with Gasteiger partial charge in [0.2, 0.25) is 0 Å². The molecular formula is C12H14N4. The molecule has 1 saturated heterocycles. The highest BCUT2D eigenvalue weighted by Gasteiger charge is 2.13. The van der Waals surface area contributed by atoms with Crippen LogP contribution in [0, 0.1) is 0 Å². The van der Waals surface area contributed by atoms with Gasteiger partial charge in [0.15, 0.2) is 5.65 Å². The molecule has 1 atom stereocenters. The van der Waals surface area contributed by atoms with Crippen molar-refractivity contribution in [3.63, 3.8) is 0 Å².